The fraction of sp³-hybridized carbons (Fsp3) is 0.343. The topological polar surface area (TPSA) is 113 Å². The zero-order chi connectivity index (χ0) is 31.1. The maximum absolute atomic E-state index is 12.5. The Labute approximate surface area is 254 Å². The number of phenols is 1. The standard InChI is InChI=1S/C35H43N5O3/c1-35(2,3)26-15-17-27(18-16-26)40-29(23-32(38-40)25-9-8-11-28(22-25)39(4)5)10-6-7-12-33(42)37-34(43)31(36)21-24-13-19-30(41)20-14-24/h8-9,11,13-20,22-23,31,41H,6-7,10,12,21,36H2,1-5H3,(H,37,42,43). The summed E-state index contributed by atoms with van der Waals surface area (Å²) in [6, 6.07) is 24.6. The number of aromatic hydroxyl groups is 1. The van der Waals surface area contributed by atoms with E-state index in [0.29, 0.717) is 6.42 Å². The predicted octanol–water partition coefficient (Wildman–Crippen LogP) is 5.53. The van der Waals surface area contributed by atoms with Crippen LogP contribution in [0, 0.1) is 0 Å². The number of unbranched alkanes of at least 4 members (excludes halogenated alkanes) is 1. The van der Waals surface area contributed by atoms with E-state index in [4.69, 9.17) is 10.8 Å². The van der Waals surface area contributed by atoms with Crippen molar-refractivity contribution >= 4 is 17.5 Å². The number of hydrogen-bond donors (Lipinski definition) is 3. The highest BCUT2D eigenvalue weighted by atomic mass is 16.3. The highest BCUT2D eigenvalue weighted by Gasteiger charge is 2.18. The van der Waals surface area contributed by atoms with Gasteiger partial charge in [0.2, 0.25) is 11.8 Å². The lowest BCUT2D eigenvalue weighted by Gasteiger charge is -2.19. The van der Waals surface area contributed by atoms with Crippen molar-refractivity contribution in [1.82, 2.24) is 15.1 Å². The Kier molecular flexibility index (Phi) is 10.0. The van der Waals surface area contributed by atoms with Crippen molar-refractivity contribution in [2.24, 2.45) is 5.73 Å². The second-order valence-corrected chi connectivity index (χ2v) is 12.3. The summed E-state index contributed by atoms with van der Waals surface area (Å²) in [5.41, 5.74) is 13.2. The van der Waals surface area contributed by atoms with Crippen molar-refractivity contribution in [1.29, 1.82) is 0 Å². The minimum Gasteiger partial charge on any atom is -0.508 e. The van der Waals surface area contributed by atoms with E-state index in [1.54, 1.807) is 24.3 Å². The molecule has 1 heterocycles. The molecule has 0 fully saturated rings. The van der Waals surface area contributed by atoms with E-state index in [2.05, 4.69) is 79.5 Å². The van der Waals surface area contributed by atoms with Gasteiger partial charge in [0, 0.05) is 37.5 Å². The lowest BCUT2D eigenvalue weighted by molar-refractivity contribution is -0.131. The van der Waals surface area contributed by atoms with Crippen molar-refractivity contribution in [2.75, 3.05) is 19.0 Å². The first-order valence-electron chi connectivity index (χ1n) is 14.8. The lowest BCUT2D eigenvalue weighted by atomic mass is 9.87. The molecule has 3 aromatic carbocycles. The molecule has 0 spiro atoms. The van der Waals surface area contributed by atoms with Crippen LogP contribution >= 0.6 is 0 Å². The average Bonchev–Trinajstić information content (AvgIpc) is 3.40. The van der Waals surface area contributed by atoms with Crippen LogP contribution in [0.5, 0.6) is 5.75 Å². The number of carbonyl (C=O) groups excluding carboxylic acids is 2. The largest absolute Gasteiger partial charge is 0.508 e. The Hall–Kier alpha value is -4.43. The number of nitrogens with one attached hydrogen (secondary N) is 1. The van der Waals surface area contributed by atoms with Crippen molar-refractivity contribution in [3.05, 3.63) is 95.7 Å². The predicted molar refractivity (Wildman–Crippen MR) is 173 cm³/mol. The smallest absolute Gasteiger partial charge is 0.243 e. The van der Waals surface area contributed by atoms with E-state index >= 15 is 0 Å². The van der Waals surface area contributed by atoms with Gasteiger partial charge in [0.05, 0.1) is 17.4 Å². The van der Waals surface area contributed by atoms with Gasteiger partial charge in [0.15, 0.2) is 0 Å². The maximum Gasteiger partial charge on any atom is 0.243 e. The molecule has 43 heavy (non-hydrogen) atoms. The van der Waals surface area contributed by atoms with Gasteiger partial charge in [-0.15, -0.1) is 0 Å². The molecule has 4 rings (SSSR count). The summed E-state index contributed by atoms with van der Waals surface area (Å²) in [6.45, 7) is 6.60. The second-order valence-electron chi connectivity index (χ2n) is 12.3. The number of anilines is 1. The van der Waals surface area contributed by atoms with Gasteiger partial charge in [0.1, 0.15) is 5.75 Å². The van der Waals surface area contributed by atoms with Crippen LogP contribution in [0.2, 0.25) is 0 Å². The lowest BCUT2D eigenvalue weighted by Crippen LogP contribution is -2.44. The molecular formula is C35H43N5O3. The molecule has 1 unspecified atom stereocenters. The number of carbonyl (C=O) groups is 2. The summed E-state index contributed by atoms with van der Waals surface area (Å²) in [6.07, 6.45) is 2.60. The van der Waals surface area contributed by atoms with Crippen LogP contribution < -0.4 is 16.0 Å². The number of aromatic nitrogens is 2. The van der Waals surface area contributed by atoms with Crippen molar-refractivity contribution in [3.8, 4) is 22.7 Å². The zero-order valence-corrected chi connectivity index (χ0v) is 25.8. The quantitative estimate of drug-likeness (QED) is 0.201. The number of imide groups is 1. The number of nitrogens with two attached hydrogens (primary N) is 1. The number of rotatable bonds is 11. The first-order valence-corrected chi connectivity index (χ1v) is 14.8. The van der Waals surface area contributed by atoms with Crippen LogP contribution in [0.1, 0.15) is 56.9 Å². The summed E-state index contributed by atoms with van der Waals surface area (Å²) in [4.78, 5) is 27.0. The van der Waals surface area contributed by atoms with E-state index < -0.39 is 11.9 Å². The molecule has 1 aromatic heterocycles. The molecule has 0 radical (unpaired) electrons. The van der Waals surface area contributed by atoms with Gasteiger partial charge in [-0.3, -0.25) is 14.9 Å². The SMILES string of the molecule is CN(C)c1cccc(-c2cc(CCCCC(=O)NC(=O)C(N)Cc3ccc(O)cc3)n(-c3ccc(C(C)(C)C)cc3)n2)c1. The monoisotopic (exact) mass is 581 g/mol. The normalized spacial score (nSPS) is 12.1. The maximum atomic E-state index is 12.5. The van der Waals surface area contributed by atoms with Gasteiger partial charge in [-0.25, -0.2) is 4.68 Å². The Morgan fingerprint density at radius 1 is 0.977 bits per heavy atom. The van der Waals surface area contributed by atoms with Gasteiger partial charge in [-0.05, 0) is 84.7 Å². The second kappa shape index (κ2) is 13.7. The molecule has 0 saturated carbocycles. The number of benzene rings is 3. The zero-order valence-electron chi connectivity index (χ0n) is 25.8. The molecule has 4 N–H and O–H groups in total. The fourth-order valence-electron chi connectivity index (χ4n) is 4.87. The van der Waals surface area contributed by atoms with Gasteiger partial charge < -0.3 is 15.7 Å². The van der Waals surface area contributed by atoms with Crippen molar-refractivity contribution in [3.63, 3.8) is 0 Å². The van der Waals surface area contributed by atoms with Gasteiger partial charge in [-0.1, -0.05) is 57.2 Å². The van der Waals surface area contributed by atoms with Crippen LogP contribution in [0.4, 0.5) is 5.69 Å². The summed E-state index contributed by atoms with van der Waals surface area (Å²) in [5, 5.41) is 16.9. The van der Waals surface area contributed by atoms with Crippen LogP contribution in [0.3, 0.4) is 0 Å². The van der Waals surface area contributed by atoms with Gasteiger partial charge >= 0.3 is 0 Å². The molecule has 0 aliphatic carbocycles. The van der Waals surface area contributed by atoms with Crippen molar-refractivity contribution in [2.45, 2.75) is 64.3 Å². The minimum absolute atomic E-state index is 0.0562. The van der Waals surface area contributed by atoms with E-state index in [9.17, 15) is 14.7 Å². The third kappa shape index (κ3) is 8.55. The van der Waals surface area contributed by atoms with Crippen LogP contribution in [-0.4, -0.2) is 46.8 Å². The molecule has 0 aliphatic heterocycles. The molecular weight excluding hydrogens is 538 g/mol. The highest BCUT2D eigenvalue weighted by Crippen LogP contribution is 2.28. The summed E-state index contributed by atoms with van der Waals surface area (Å²) in [5.74, 6) is -0.689. The first kappa shape index (κ1) is 31.5. The van der Waals surface area contributed by atoms with E-state index in [0.717, 1.165) is 46.7 Å². The fourth-order valence-corrected chi connectivity index (χ4v) is 4.87. The van der Waals surface area contributed by atoms with Crippen LogP contribution in [0.15, 0.2) is 78.9 Å². The Morgan fingerprint density at radius 3 is 2.33 bits per heavy atom. The number of phenolic OH excluding ortho intramolecular Hbond substituents is 1. The van der Waals surface area contributed by atoms with E-state index in [1.807, 2.05) is 24.8 Å². The molecule has 4 aromatic rings. The van der Waals surface area contributed by atoms with Gasteiger partial charge in [0.25, 0.3) is 0 Å². The van der Waals surface area contributed by atoms with E-state index in [1.165, 1.54) is 5.56 Å². The summed E-state index contributed by atoms with van der Waals surface area (Å²) in [7, 11) is 4.04. The molecule has 8 nitrogen and oxygen atoms in total. The number of nitrogens with zero attached hydrogens (tertiary/aromatic N) is 3. The molecule has 0 bridgehead atoms. The Bertz CT molecular complexity index is 1530. The third-order valence-corrected chi connectivity index (χ3v) is 7.50. The molecule has 1 atom stereocenters. The first-order chi connectivity index (χ1) is 20.4. The summed E-state index contributed by atoms with van der Waals surface area (Å²) < 4.78 is 2.00. The molecule has 0 saturated heterocycles. The summed E-state index contributed by atoms with van der Waals surface area (Å²) >= 11 is 0. The minimum atomic E-state index is -0.850. The van der Waals surface area contributed by atoms with Crippen LogP contribution in [0.25, 0.3) is 16.9 Å². The average molecular weight is 582 g/mol. The third-order valence-electron chi connectivity index (χ3n) is 7.50. The van der Waals surface area contributed by atoms with E-state index in [-0.39, 0.29) is 29.9 Å². The van der Waals surface area contributed by atoms with Crippen LogP contribution in [-0.2, 0) is 27.8 Å². The highest BCUT2D eigenvalue weighted by molar-refractivity contribution is 5.97. The van der Waals surface area contributed by atoms with Gasteiger partial charge in [-0.2, -0.15) is 5.10 Å². The number of hydrogen-bond acceptors (Lipinski definition) is 6. The number of aryl methyl sites for hydroxylation is 1. The number of amides is 2. The molecule has 8 heteroatoms. The Balaban J connectivity index is 1.41. The molecule has 226 valence electrons. The Morgan fingerprint density at radius 2 is 1.67 bits per heavy atom. The van der Waals surface area contributed by atoms with Crippen molar-refractivity contribution < 1.29 is 14.7 Å². The molecule has 2 amide bonds. The molecule has 0 aliphatic rings.